The molecular formula is C25H24N2O3. The van der Waals surface area contributed by atoms with Gasteiger partial charge in [-0.2, -0.15) is 0 Å². The fourth-order valence-electron chi connectivity index (χ4n) is 3.86. The van der Waals surface area contributed by atoms with Crippen molar-refractivity contribution in [3.05, 3.63) is 101 Å². The molecule has 1 amide bonds. The van der Waals surface area contributed by atoms with Crippen molar-refractivity contribution in [3.8, 4) is 0 Å². The fraction of sp³-hybridized carbons (Fsp3) is 0.200. The first kappa shape index (κ1) is 19.7. The molecule has 30 heavy (non-hydrogen) atoms. The molecule has 1 heterocycles. The van der Waals surface area contributed by atoms with Crippen molar-refractivity contribution in [3.63, 3.8) is 0 Å². The number of piperazine rings is 1. The molecule has 4 rings (SSSR count). The van der Waals surface area contributed by atoms with E-state index in [0.29, 0.717) is 30.6 Å². The summed E-state index contributed by atoms with van der Waals surface area (Å²) < 4.78 is 0. The zero-order chi connectivity index (χ0) is 20.9. The van der Waals surface area contributed by atoms with Crippen LogP contribution in [0.1, 0.15) is 31.8 Å². The summed E-state index contributed by atoms with van der Waals surface area (Å²) >= 11 is 0. The monoisotopic (exact) mass is 400 g/mol. The average molecular weight is 400 g/mol. The van der Waals surface area contributed by atoms with Gasteiger partial charge in [0.25, 0.3) is 5.91 Å². The number of aromatic carboxylic acids is 1. The molecule has 0 bridgehead atoms. The summed E-state index contributed by atoms with van der Waals surface area (Å²) in [7, 11) is 0. The number of amides is 1. The van der Waals surface area contributed by atoms with Crippen molar-refractivity contribution in [2.45, 2.75) is 6.42 Å². The quantitative estimate of drug-likeness (QED) is 0.705. The van der Waals surface area contributed by atoms with Gasteiger partial charge in [-0.3, -0.25) is 4.79 Å². The molecule has 0 spiro atoms. The van der Waals surface area contributed by atoms with E-state index in [1.54, 1.807) is 12.1 Å². The maximum atomic E-state index is 12.9. The van der Waals surface area contributed by atoms with Crippen LogP contribution in [0, 0.1) is 0 Å². The second-order valence-corrected chi connectivity index (χ2v) is 7.45. The molecule has 0 saturated carbocycles. The highest BCUT2D eigenvalue weighted by Gasteiger charge is 2.22. The molecule has 3 aromatic rings. The lowest BCUT2D eigenvalue weighted by atomic mass is 9.99. The second-order valence-electron chi connectivity index (χ2n) is 7.45. The van der Waals surface area contributed by atoms with Crippen LogP contribution >= 0.6 is 0 Å². The number of para-hydroxylation sites is 1. The highest BCUT2D eigenvalue weighted by Crippen LogP contribution is 2.18. The standard InChI is InChI=1S/C25H24N2O3/c28-24(27-16-14-26(15-17-27)22-7-2-1-3-8-22)20-12-10-19(11-13-20)18-21-6-4-5-9-23(21)25(29)30/h1-13H,14-18H2,(H,29,30). The number of rotatable bonds is 5. The van der Waals surface area contributed by atoms with E-state index < -0.39 is 5.97 Å². The molecule has 152 valence electrons. The molecule has 1 N–H and O–H groups in total. The Morgan fingerprint density at radius 3 is 2.07 bits per heavy atom. The van der Waals surface area contributed by atoms with E-state index in [9.17, 15) is 14.7 Å². The number of hydrogen-bond donors (Lipinski definition) is 1. The number of benzene rings is 3. The smallest absolute Gasteiger partial charge is 0.335 e. The predicted molar refractivity (Wildman–Crippen MR) is 117 cm³/mol. The Bertz CT molecular complexity index is 1020. The lowest BCUT2D eigenvalue weighted by Crippen LogP contribution is -2.48. The summed E-state index contributed by atoms with van der Waals surface area (Å²) in [6, 6.07) is 24.8. The van der Waals surface area contributed by atoms with Crippen LogP contribution in [-0.2, 0) is 6.42 Å². The molecule has 0 aliphatic carbocycles. The Kier molecular flexibility index (Phi) is 5.80. The van der Waals surface area contributed by atoms with Crippen LogP contribution in [0.15, 0.2) is 78.9 Å². The summed E-state index contributed by atoms with van der Waals surface area (Å²) in [5, 5.41) is 9.34. The lowest BCUT2D eigenvalue weighted by molar-refractivity contribution is 0.0694. The van der Waals surface area contributed by atoms with Crippen LogP contribution in [0.2, 0.25) is 0 Å². The van der Waals surface area contributed by atoms with Gasteiger partial charge < -0.3 is 14.9 Å². The lowest BCUT2D eigenvalue weighted by Gasteiger charge is -2.36. The van der Waals surface area contributed by atoms with Gasteiger partial charge in [0.2, 0.25) is 0 Å². The van der Waals surface area contributed by atoms with Gasteiger partial charge in [-0.05, 0) is 47.9 Å². The van der Waals surface area contributed by atoms with Gasteiger partial charge in [0.05, 0.1) is 5.56 Å². The Hall–Kier alpha value is -3.60. The van der Waals surface area contributed by atoms with E-state index in [4.69, 9.17) is 0 Å². The molecule has 1 aliphatic heterocycles. The second kappa shape index (κ2) is 8.82. The number of anilines is 1. The Morgan fingerprint density at radius 1 is 0.767 bits per heavy atom. The van der Waals surface area contributed by atoms with Gasteiger partial charge in [0.15, 0.2) is 0 Å². The number of carbonyl (C=O) groups is 2. The normalized spacial score (nSPS) is 13.9. The van der Waals surface area contributed by atoms with Crippen LogP contribution in [-0.4, -0.2) is 48.1 Å². The molecule has 1 aliphatic rings. The fourth-order valence-corrected chi connectivity index (χ4v) is 3.86. The first-order valence-corrected chi connectivity index (χ1v) is 10.1. The van der Waals surface area contributed by atoms with E-state index in [-0.39, 0.29) is 5.91 Å². The van der Waals surface area contributed by atoms with Crippen molar-refractivity contribution < 1.29 is 14.7 Å². The molecule has 0 aromatic heterocycles. The van der Waals surface area contributed by atoms with Crippen molar-refractivity contribution in [2.24, 2.45) is 0 Å². The zero-order valence-electron chi connectivity index (χ0n) is 16.7. The molecule has 0 radical (unpaired) electrons. The van der Waals surface area contributed by atoms with Crippen molar-refractivity contribution in [1.82, 2.24) is 4.90 Å². The molecule has 5 heteroatoms. The number of carboxylic acids is 1. The maximum Gasteiger partial charge on any atom is 0.335 e. The molecule has 0 atom stereocenters. The van der Waals surface area contributed by atoms with Crippen LogP contribution in [0.5, 0.6) is 0 Å². The summed E-state index contributed by atoms with van der Waals surface area (Å²) in [6.45, 7) is 3.03. The van der Waals surface area contributed by atoms with Gasteiger partial charge in [-0.25, -0.2) is 4.79 Å². The Labute approximate surface area is 176 Å². The number of carboxylic acid groups (broad SMARTS) is 1. The molecule has 3 aromatic carbocycles. The molecular weight excluding hydrogens is 376 g/mol. The minimum atomic E-state index is -0.924. The van der Waals surface area contributed by atoms with Gasteiger partial charge in [0, 0.05) is 37.4 Å². The van der Waals surface area contributed by atoms with E-state index in [0.717, 1.165) is 24.2 Å². The number of nitrogens with zero attached hydrogens (tertiary/aromatic N) is 2. The van der Waals surface area contributed by atoms with Gasteiger partial charge >= 0.3 is 5.97 Å². The van der Waals surface area contributed by atoms with Crippen LogP contribution in [0.3, 0.4) is 0 Å². The third-order valence-electron chi connectivity index (χ3n) is 5.53. The van der Waals surface area contributed by atoms with Crippen LogP contribution < -0.4 is 4.90 Å². The van der Waals surface area contributed by atoms with Gasteiger partial charge in [0.1, 0.15) is 0 Å². The first-order valence-electron chi connectivity index (χ1n) is 10.1. The minimum Gasteiger partial charge on any atom is -0.478 e. The SMILES string of the molecule is O=C(O)c1ccccc1Cc1ccc(C(=O)N2CCN(c3ccccc3)CC2)cc1. The van der Waals surface area contributed by atoms with E-state index in [1.807, 2.05) is 59.5 Å². The summed E-state index contributed by atoms with van der Waals surface area (Å²) in [4.78, 5) is 28.5. The average Bonchev–Trinajstić information content (AvgIpc) is 2.80. The topological polar surface area (TPSA) is 60.9 Å². The Balaban J connectivity index is 1.39. The van der Waals surface area contributed by atoms with Crippen molar-refractivity contribution >= 4 is 17.6 Å². The minimum absolute atomic E-state index is 0.0418. The molecule has 5 nitrogen and oxygen atoms in total. The van der Waals surface area contributed by atoms with E-state index in [2.05, 4.69) is 17.0 Å². The van der Waals surface area contributed by atoms with Gasteiger partial charge in [-0.15, -0.1) is 0 Å². The first-order chi connectivity index (χ1) is 14.6. The third kappa shape index (κ3) is 4.35. The number of hydrogen-bond acceptors (Lipinski definition) is 3. The highest BCUT2D eigenvalue weighted by molar-refractivity contribution is 5.94. The maximum absolute atomic E-state index is 12.9. The van der Waals surface area contributed by atoms with E-state index >= 15 is 0 Å². The summed E-state index contributed by atoms with van der Waals surface area (Å²) in [6.07, 6.45) is 0.521. The van der Waals surface area contributed by atoms with Crippen LogP contribution in [0.4, 0.5) is 5.69 Å². The molecule has 0 unspecified atom stereocenters. The van der Waals surface area contributed by atoms with Crippen LogP contribution in [0.25, 0.3) is 0 Å². The van der Waals surface area contributed by atoms with Crippen molar-refractivity contribution in [1.29, 1.82) is 0 Å². The largest absolute Gasteiger partial charge is 0.478 e. The Morgan fingerprint density at radius 2 is 1.40 bits per heavy atom. The zero-order valence-corrected chi connectivity index (χ0v) is 16.7. The molecule has 1 fully saturated rings. The third-order valence-corrected chi connectivity index (χ3v) is 5.53. The van der Waals surface area contributed by atoms with Crippen molar-refractivity contribution in [2.75, 3.05) is 31.1 Å². The predicted octanol–water partition coefficient (Wildman–Crippen LogP) is 3.94. The summed E-state index contributed by atoms with van der Waals surface area (Å²) in [5.41, 5.74) is 3.92. The van der Waals surface area contributed by atoms with E-state index in [1.165, 1.54) is 5.69 Å². The summed E-state index contributed by atoms with van der Waals surface area (Å²) in [5.74, 6) is -0.882. The highest BCUT2D eigenvalue weighted by atomic mass is 16.4. The number of carbonyl (C=O) groups excluding carboxylic acids is 1. The van der Waals surface area contributed by atoms with Gasteiger partial charge in [-0.1, -0.05) is 48.5 Å². The molecule has 1 saturated heterocycles.